The fraction of sp³-hybridized carbons (Fsp3) is 0.391. The first-order valence-corrected chi connectivity index (χ1v) is 10.0. The molecule has 0 saturated heterocycles. The molecule has 0 amide bonds. The van der Waals surface area contributed by atoms with E-state index >= 15 is 0 Å². The van der Waals surface area contributed by atoms with E-state index in [2.05, 4.69) is 4.98 Å². The molecule has 0 bridgehead atoms. The Labute approximate surface area is 162 Å². The number of Topliss-reactive ketones (excluding diaryl/α,β-unsaturated/α-hetero) is 1. The van der Waals surface area contributed by atoms with Gasteiger partial charge in [-0.2, -0.15) is 0 Å². The SMILES string of the molecule is O=C(CC1C2=C(CCC=C2F)c2cncn21)C1CCC(c2ccc(F)cc2)C1. The molecule has 1 saturated carbocycles. The number of benzene rings is 1. The Morgan fingerprint density at radius 2 is 2.00 bits per heavy atom. The molecule has 1 aliphatic heterocycles. The fourth-order valence-corrected chi connectivity index (χ4v) is 5.15. The van der Waals surface area contributed by atoms with Crippen LogP contribution in [0, 0.1) is 11.7 Å². The second-order valence-corrected chi connectivity index (χ2v) is 8.11. The van der Waals surface area contributed by atoms with Gasteiger partial charge in [0.05, 0.1) is 24.3 Å². The highest BCUT2D eigenvalue weighted by molar-refractivity contribution is 5.84. The first-order valence-electron chi connectivity index (χ1n) is 10.0. The molecule has 3 atom stereocenters. The Balaban J connectivity index is 1.33. The molecular weight excluding hydrogens is 358 g/mol. The van der Waals surface area contributed by atoms with Crippen LogP contribution in [0.25, 0.3) is 5.57 Å². The van der Waals surface area contributed by atoms with E-state index in [1.54, 1.807) is 18.6 Å². The number of carbonyl (C=O) groups is 1. The van der Waals surface area contributed by atoms with Gasteiger partial charge >= 0.3 is 0 Å². The number of hydrogen-bond acceptors (Lipinski definition) is 2. The number of nitrogens with zero attached hydrogens (tertiary/aromatic N) is 2. The van der Waals surface area contributed by atoms with Gasteiger partial charge < -0.3 is 4.57 Å². The van der Waals surface area contributed by atoms with Crippen LogP contribution in [0.1, 0.15) is 61.7 Å². The molecule has 28 heavy (non-hydrogen) atoms. The topological polar surface area (TPSA) is 34.9 Å². The van der Waals surface area contributed by atoms with Crippen molar-refractivity contribution in [1.29, 1.82) is 0 Å². The van der Waals surface area contributed by atoms with Gasteiger partial charge in [0.2, 0.25) is 0 Å². The van der Waals surface area contributed by atoms with E-state index in [1.165, 1.54) is 12.1 Å². The maximum Gasteiger partial charge on any atom is 0.138 e. The van der Waals surface area contributed by atoms with Crippen molar-refractivity contribution in [2.24, 2.45) is 5.92 Å². The lowest BCUT2D eigenvalue weighted by molar-refractivity contribution is -0.123. The van der Waals surface area contributed by atoms with E-state index in [0.717, 1.165) is 42.5 Å². The molecule has 1 aromatic carbocycles. The third-order valence-corrected chi connectivity index (χ3v) is 6.57. The van der Waals surface area contributed by atoms with Crippen molar-refractivity contribution in [2.45, 2.75) is 50.5 Å². The second kappa shape index (κ2) is 6.80. The third-order valence-electron chi connectivity index (χ3n) is 6.57. The Morgan fingerprint density at radius 1 is 1.18 bits per heavy atom. The summed E-state index contributed by atoms with van der Waals surface area (Å²) in [6, 6.07) is 6.33. The highest BCUT2D eigenvalue weighted by atomic mass is 19.1. The van der Waals surface area contributed by atoms with Crippen LogP contribution in [-0.2, 0) is 4.79 Å². The van der Waals surface area contributed by atoms with Crippen LogP contribution in [0.15, 0.2) is 54.3 Å². The van der Waals surface area contributed by atoms with Gasteiger partial charge in [0, 0.05) is 17.9 Å². The highest BCUT2D eigenvalue weighted by Crippen LogP contribution is 2.48. The maximum absolute atomic E-state index is 14.6. The van der Waals surface area contributed by atoms with Gasteiger partial charge in [-0.1, -0.05) is 12.1 Å². The molecule has 3 unspecified atom stereocenters. The number of hydrogen-bond donors (Lipinski definition) is 0. The van der Waals surface area contributed by atoms with E-state index in [-0.39, 0.29) is 29.4 Å². The average molecular weight is 380 g/mol. The molecule has 0 N–H and O–H groups in total. The number of rotatable bonds is 4. The quantitative estimate of drug-likeness (QED) is 0.700. The maximum atomic E-state index is 14.6. The number of ketones is 1. The molecule has 5 heteroatoms. The summed E-state index contributed by atoms with van der Waals surface area (Å²) in [6.45, 7) is 0. The minimum absolute atomic E-state index is 0.0118. The largest absolute Gasteiger partial charge is 0.323 e. The number of halogens is 2. The Bertz CT molecular complexity index is 986. The predicted octanol–water partition coefficient (Wildman–Crippen LogP) is 5.52. The monoisotopic (exact) mass is 380 g/mol. The van der Waals surface area contributed by atoms with Crippen LogP contribution in [0.2, 0.25) is 0 Å². The first-order chi connectivity index (χ1) is 13.6. The van der Waals surface area contributed by atoms with Crippen molar-refractivity contribution in [1.82, 2.24) is 9.55 Å². The lowest BCUT2D eigenvalue weighted by Gasteiger charge is -2.20. The van der Waals surface area contributed by atoms with Gasteiger partial charge in [-0.3, -0.25) is 4.79 Å². The van der Waals surface area contributed by atoms with Gasteiger partial charge in [-0.05, 0) is 67.4 Å². The van der Waals surface area contributed by atoms with Gasteiger partial charge in [0.25, 0.3) is 0 Å². The van der Waals surface area contributed by atoms with Crippen molar-refractivity contribution in [3.05, 3.63) is 71.3 Å². The molecule has 0 radical (unpaired) electrons. The first kappa shape index (κ1) is 17.5. The Hall–Kier alpha value is -2.56. The van der Waals surface area contributed by atoms with E-state index in [4.69, 9.17) is 0 Å². The zero-order valence-corrected chi connectivity index (χ0v) is 15.6. The van der Waals surface area contributed by atoms with Crippen molar-refractivity contribution in [3.63, 3.8) is 0 Å². The number of fused-ring (bicyclic) bond motifs is 2. The fourth-order valence-electron chi connectivity index (χ4n) is 5.15. The van der Waals surface area contributed by atoms with Crippen LogP contribution < -0.4 is 0 Å². The summed E-state index contributed by atoms with van der Waals surface area (Å²) < 4.78 is 29.7. The summed E-state index contributed by atoms with van der Waals surface area (Å²) in [7, 11) is 0. The lowest BCUT2D eigenvalue weighted by Crippen LogP contribution is -2.19. The molecular formula is C23H22F2N2O. The van der Waals surface area contributed by atoms with E-state index < -0.39 is 0 Å². The Morgan fingerprint density at radius 3 is 2.82 bits per heavy atom. The van der Waals surface area contributed by atoms with Crippen LogP contribution >= 0.6 is 0 Å². The summed E-state index contributed by atoms with van der Waals surface area (Å²) in [5, 5.41) is 0. The lowest BCUT2D eigenvalue weighted by atomic mass is 9.88. The summed E-state index contributed by atoms with van der Waals surface area (Å²) >= 11 is 0. The van der Waals surface area contributed by atoms with Crippen molar-refractivity contribution in [3.8, 4) is 0 Å². The molecule has 3 aliphatic rings. The molecule has 2 aliphatic carbocycles. The molecule has 0 spiro atoms. The summed E-state index contributed by atoms with van der Waals surface area (Å²) in [5.41, 5.74) is 3.74. The summed E-state index contributed by atoms with van der Waals surface area (Å²) in [4.78, 5) is 17.3. The number of allylic oxidation sites excluding steroid dienone is 4. The highest BCUT2D eigenvalue weighted by Gasteiger charge is 2.38. The van der Waals surface area contributed by atoms with Gasteiger partial charge in [-0.25, -0.2) is 13.8 Å². The minimum atomic E-state index is -0.276. The van der Waals surface area contributed by atoms with Gasteiger partial charge in [0.15, 0.2) is 0 Å². The predicted molar refractivity (Wildman–Crippen MR) is 103 cm³/mol. The number of aromatic nitrogens is 2. The molecule has 1 aromatic heterocycles. The minimum Gasteiger partial charge on any atom is -0.323 e. The van der Waals surface area contributed by atoms with Crippen molar-refractivity contribution >= 4 is 11.4 Å². The van der Waals surface area contributed by atoms with E-state index in [1.807, 2.05) is 16.7 Å². The molecule has 144 valence electrons. The third kappa shape index (κ3) is 2.84. The zero-order valence-electron chi connectivity index (χ0n) is 15.6. The molecule has 5 rings (SSSR count). The van der Waals surface area contributed by atoms with Gasteiger partial charge in [0.1, 0.15) is 17.4 Å². The van der Waals surface area contributed by atoms with Crippen LogP contribution in [0.5, 0.6) is 0 Å². The molecule has 1 fully saturated rings. The van der Waals surface area contributed by atoms with Crippen molar-refractivity contribution in [2.75, 3.05) is 0 Å². The van der Waals surface area contributed by atoms with E-state index in [0.29, 0.717) is 24.3 Å². The van der Waals surface area contributed by atoms with E-state index in [9.17, 15) is 13.6 Å². The van der Waals surface area contributed by atoms with Crippen molar-refractivity contribution < 1.29 is 13.6 Å². The molecule has 3 nitrogen and oxygen atoms in total. The number of carbonyl (C=O) groups excluding carboxylic acids is 1. The van der Waals surface area contributed by atoms with Gasteiger partial charge in [-0.15, -0.1) is 0 Å². The van der Waals surface area contributed by atoms with Crippen LogP contribution in [0.3, 0.4) is 0 Å². The summed E-state index contributed by atoms with van der Waals surface area (Å²) in [6.07, 6.45) is 9.50. The average Bonchev–Trinajstić information content (AvgIpc) is 3.40. The zero-order chi connectivity index (χ0) is 19.3. The molecule has 2 aromatic rings. The van der Waals surface area contributed by atoms with Crippen LogP contribution in [-0.4, -0.2) is 15.3 Å². The number of imidazole rings is 1. The Kier molecular flexibility index (Phi) is 4.26. The molecule has 2 heterocycles. The standard InChI is InChI=1S/C23H22F2N2O/c24-17-8-6-14(7-9-17)15-4-5-16(10-15)22(28)11-20-23-18(2-1-3-19(23)25)21-12-26-13-27(20)21/h3,6-9,12-13,15-16,20H,1-2,4-5,10-11H2. The summed E-state index contributed by atoms with van der Waals surface area (Å²) in [5.74, 6) is 0.0588. The second-order valence-electron chi connectivity index (χ2n) is 8.11. The van der Waals surface area contributed by atoms with Crippen LogP contribution in [0.4, 0.5) is 8.78 Å². The smallest absolute Gasteiger partial charge is 0.138 e. The normalized spacial score (nSPS) is 26.2.